The van der Waals surface area contributed by atoms with Gasteiger partial charge in [-0.05, 0) is 23.6 Å². The van der Waals surface area contributed by atoms with Crippen LogP contribution in [-0.2, 0) is 4.74 Å². The summed E-state index contributed by atoms with van der Waals surface area (Å²) < 4.78 is 5.07. The van der Waals surface area contributed by atoms with Crippen LogP contribution in [0.25, 0.3) is 0 Å². The molecule has 82 valence electrons. The molecule has 0 radical (unpaired) electrons. The molecule has 0 saturated carbocycles. The minimum Gasteiger partial charge on any atom is -0.386 e. The molecule has 2 heterocycles. The van der Waals surface area contributed by atoms with Crippen LogP contribution in [0.4, 0.5) is 0 Å². The second kappa shape index (κ2) is 4.29. The van der Waals surface area contributed by atoms with E-state index in [1.54, 1.807) is 6.20 Å². The van der Waals surface area contributed by atoms with Crippen LogP contribution in [0.3, 0.4) is 0 Å². The predicted octanol–water partition coefficient (Wildman–Crippen LogP) is 1.88. The lowest BCUT2D eigenvalue weighted by atomic mass is 9.95. The van der Waals surface area contributed by atoms with Crippen molar-refractivity contribution >= 4 is 0 Å². The Hall–Kier alpha value is -0.930. The summed E-state index contributed by atoms with van der Waals surface area (Å²) in [6, 6.07) is 3.99. The number of hydrogen-bond donors (Lipinski definition) is 1. The highest BCUT2D eigenvalue weighted by molar-refractivity contribution is 5.21. The van der Waals surface area contributed by atoms with Crippen molar-refractivity contribution in [3.63, 3.8) is 0 Å². The highest BCUT2D eigenvalue weighted by atomic mass is 16.5. The van der Waals surface area contributed by atoms with Crippen LogP contribution < -0.4 is 0 Å². The first-order chi connectivity index (χ1) is 7.18. The molecule has 1 aliphatic rings. The van der Waals surface area contributed by atoms with Gasteiger partial charge in [-0.25, -0.2) is 0 Å². The van der Waals surface area contributed by atoms with Crippen molar-refractivity contribution in [3.05, 3.63) is 29.6 Å². The summed E-state index contributed by atoms with van der Waals surface area (Å²) in [5.74, 6) is 0.691. The summed E-state index contributed by atoms with van der Waals surface area (Å²) in [6.45, 7) is 5.57. The fraction of sp³-hybridized carbons (Fsp3) is 0.583. The van der Waals surface area contributed by atoms with Crippen molar-refractivity contribution in [1.29, 1.82) is 0 Å². The fourth-order valence-electron chi connectivity index (χ4n) is 1.66. The van der Waals surface area contributed by atoms with Gasteiger partial charge in [-0.15, -0.1) is 0 Å². The molecular formula is C12H17NO2. The van der Waals surface area contributed by atoms with Crippen LogP contribution in [0.15, 0.2) is 18.3 Å². The van der Waals surface area contributed by atoms with Crippen LogP contribution in [0, 0.1) is 5.92 Å². The van der Waals surface area contributed by atoms with Gasteiger partial charge in [0.25, 0.3) is 0 Å². The number of rotatable bonds is 3. The molecule has 1 fully saturated rings. The van der Waals surface area contributed by atoms with E-state index in [0.717, 1.165) is 5.69 Å². The molecule has 1 N–H and O–H groups in total. The highest BCUT2D eigenvalue weighted by Crippen LogP contribution is 2.27. The van der Waals surface area contributed by atoms with Gasteiger partial charge in [0.1, 0.15) is 6.10 Å². The minimum absolute atomic E-state index is 0.222. The number of ether oxygens (including phenoxy) is 1. The first-order valence-electron chi connectivity index (χ1n) is 5.40. The van der Waals surface area contributed by atoms with Gasteiger partial charge in [-0.2, -0.15) is 0 Å². The maximum atomic E-state index is 10.0. The summed E-state index contributed by atoms with van der Waals surface area (Å²) in [6.07, 6.45) is 1.30. The van der Waals surface area contributed by atoms with E-state index in [1.165, 1.54) is 5.56 Å². The van der Waals surface area contributed by atoms with Crippen molar-refractivity contribution in [2.24, 2.45) is 5.92 Å². The Bertz CT molecular complexity index is 334. The molecule has 0 aromatic carbocycles. The summed E-state index contributed by atoms with van der Waals surface area (Å²) >= 11 is 0. The molecule has 0 bridgehead atoms. The Morgan fingerprint density at radius 2 is 2.20 bits per heavy atom. The zero-order valence-electron chi connectivity index (χ0n) is 9.18. The Labute approximate surface area is 90.1 Å². The Balaban J connectivity index is 2.16. The number of aliphatic hydroxyl groups is 1. The fourth-order valence-corrected chi connectivity index (χ4v) is 1.66. The second-order valence-corrected chi connectivity index (χ2v) is 4.41. The van der Waals surface area contributed by atoms with E-state index in [2.05, 4.69) is 18.8 Å². The smallest absolute Gasteiger partial charge is 0.103 e. The number of aromatic nitrogens is 1. The molecule has 3 nitrogen and oxygen atoms in total. The van der Waals surface area contributed by atoms with Crippen molar-refractivity contribution < 1.29 is 9.84 Å². The monoisotopic (exact) mass is 207 g/mol. The van der Waals surface area contributed by atoms with Crippen LogP contribution in [-0.4, -0.2) is 23.3 Å². The summed E-state index contributed by atoms with van der Waals surface area (Å²) in [4.78, 5) is 4.22. The largest absolute Gasteiger partial charge is 0.386 e. The van der Waals surface area contributed by atoms with Gasteiger partial charge in [-0.1, -0.05) is 13.8 Å². The average Bonchev–Trinajstić information content (AvgIpc) is 2.15. The Kier molecular flexibility index (Phi) is 3.03. The first kappa shape index (κ1) is 10.6. The molecule has 15 heavy (non-hydrogen) atoms. The third kappa shape index (κ3) is 2.19. The summed E-state index contributed by atoms with van der Waals surface area (Å²) in [7, 11) is 0. The van der Waals surface area contributed by atoms with Crippen molar-refractivity contribution in [1.82, 2.24) is 4.98 Å². The van der Waals surface area contributed by atoms with Gasteiger partial charge in [0.05, 0.1) is 18.9 Å². The molecule has 1 unspecified atom stereocenters. The molecule has 1 aromatic rings. The highest BCUT2D eigenvalue weighted by Gasteiger charge is 2.28. The van der Waals surface area contributed by atoms with Gasteiger partial charge in [-0.3, -0.25) is 4.98 Å². The molecule has 1 saturated heterocycles. The van der Waals surface area contributed by atoms with E-state index in [-0.39, 0.29) is 5.92 Å². The van der Waals surface area contributed by atoms with Gasteiger partial charge < -0.3 is 9.84 Å². The van der Waals surface area contributed by atoms with Crippen LogP contribution in [0.2, 0.25) is 0 Å². The lowest BCUT2D eigenvalue weighted by molar-refractivity contribution is -0.0936. The average molecular weight is 207 g/mol. The minimum atomic E-state index is -0.475. The normalized spacial score (nSPS) is 18.9. The maximum absolute atomic E-state index is 10.0. The standard InChI is InChI=1S/C12H17NO2/c1-8(2)9-3-4-13-11(5-9)12(14)10-6-15-7-10/h3-5,8,10,12,14H,6-7H2,1-2H3. The zero-order valence-corrected chi connectivity index (χ0v) is 9.18. The van der Waals surface area contributed by atoms with E-state index in [1.807, 2.05) is 12.1 Å². The van der Waals surface area contributed by atoms with E-state index in [4.69, 9.17) is 4.74 Å². The lowest BCUT2D eigenvalue weighted by Gasteiger charge is -2.30. The molecule has 0 spiro atoms. The molecular weight excluding hydrogens is 190 g/mol. The number of pyridine rings is 1. The summed E-state index contributed by atoms with van der Waals surface area (Å²) in [5, 5.41) is 10.0. The molecule has 1 aromatic heterocycles. The third-order valence-corrected chi connectivity index (χ3v) is 2.89. The number of hydrogen-bond acceptors (Lipinski definition) is 3. The van der Waals surface area contributed by atoms with Gasteiger partial charge in [0, 0.05) is 12.1 Å². The first-order valence-corrected chi connectivity index (χ1v) is 5.40. The van der Waals surface area contributed by atoms with E-state index < -0.39 is 6.10 Å². The SMILES string of the molecule is CC(C)c1ccnc(C(O)C2COC2)c1. The number of nitrogens with zero attached hydrogens (tertiary/aromatic N) is 1. The summed E-state index contributed by atoms with van der Waals surface area (Å²) in [5.41, 5.74) is 1.99. The van der Waals surface area contributed by atoms with Gasteiger partial charge >= 0.3 is 0 Å². The lowest BCUT2D eigenvalue weighted by Crippen LogP contribution is -2.33. The quantitative estimate of drug-likeness (QED) is 0.823. The number of aliphatic hydroxyl groups excluding tert-OH is 1. The van der Waals surface area contributed by atoms with Crippen molar-refractivity contribution in [3.8, 4) is 0 Å². The molecule has 0 aliphatic carbocycles. The van der Waals surface area contributed by atoms with Crippen LogP contribution >= 0.6 is 0 Å². The van der Waals surface area contributed by atoms with E-state index >= 15 is 0 Å². The Morgan fingerprint density at radius 1 is 1.47 bits per heavy atom. The van der Waals surface area contributed by atoms with Crippen LogP contribution in [0.5, 0.6) is 0 Å². The predicted molar refractivity (Wildman–Crippen MR) is 57.6 cm³/mol. The maximum Gasteiger partial charge on any atom is 0.103 e. The van der Waals surface area contributed by atoms with Crippen LogP contribution in [0.1, 0.15) is 37.1 Å². The molecule has 1 aliphatic heterocycles. The molecule has 2 rings (SSSR count). The molecule has 0 amide bonds. The Morgan fingerprint density at radius 3 is 2.73 bits per heavy atom. The van der Waals surface area contributed by atoms with Crippen molar-refractivity contribution in [2.45, 2.75) is 25.9 Å². The van der Waals surface area contributed by atoms with Gasteiger partial charge in [0.2, 0.25) is 0 Å². The molecule has 1 atom stereocenters. The van der Waals surface area contributed by atoms with E-state index in [9.17, 15) is 5.11 Å². The van der Waals surface area contributed by atoms with Gasteiger partial charge in [0.15, 0.2) is 0 Å². The van der Waals surface area contributed by atoms with Crippen molar-refractivity contribution in [2.75, 3.05) is 13.2 Å². The molecule has 3 heteroatoms. The third-order valence-electron chi connectivity index (χ3n) is 2.89. The topological polar surface area (TPSA) is 42.4 Å². The van der Waals surface area contributed by atoms with E-state index in [0.29, 0.717) is 19.1 Å². The zero-order chi connectivity index (χ0) is 10.8. The second-order valence-electron chi connectivity index (χ2n) is 4.41.